The van der Waals surface area contributed by atoms with Crippen molar-refractivity contribution >= 4 is 23.5 Å². The van der Waals surface area contributed by atoms with Gasteiger partial charge in [0.05, 0.1) is 0 Å². The van der Waals surface area contributed by atoms with Crippen LogP contribution in [0.5, 0.6) is 0 Å². The Bertz CT molecular complexity index is 835. The highest BCUT2D eigenvalue weighted by atomic mass is 32.2. The molecule has 6 nitrogen and oxygen atoms in total. The first-order valence-electron chi connectivity index (χ1n) is 9.02. The lowest BCUT2D eigenvalue weighted by atomic mass is 10.1. The van der Waals surface area contributed by atoms with Gasteiger partial charge in [-0.05, 0) is 58.9 Å². The number of hydrogen-bond donors (Lipinski definition) is 0. The van der Waals surface area contributed by atoms with Gasteiger partial charge in [0.15, 0.2) is 11.8 Å². The topological polar surface area (TPSA) is 74.1 Å². The smallest absolute Gasteiger partial charge is 0.306 e. The van der Waals surface area contributed by atoms with Gasteiger partial charge < -0.3 is 9.30 Å². The maximum atomic E-state index is 12.4. The van der Waals surface area contributed by atoms with Gasteiger partial charge >= 0.3 is 5.97 Å². The Balaban J connectivity index is 1.93. The highest BCUT2D eigenvalue weighted by Crippen LogP contribution is 2.18. The molecule has 27 heavy (non-hydrogen) atoms. The fraction of sp³-hybridized carbons (Fsp3) is 0.500. The minimum absolute atomic E-state index is 0.170. The number of carbonyl (C=O) groups is 2. The molecule has 2 aromatic rings. The van der Waals surface area contributed by atoms with Gasteiger partial charge in [-0.1, -0.05) is 11.8 Å². The van der Waals surface area contributed by atoms with Crippen LogP contribution in [-0.2, 0) is 22.5 Å². The molecule has 0 N–H and O–H groups in total. The maximum absolute atomic E-state index is 12.4. The molecule has 2 heterocycles. The van der Waals surface area contributed by atoms with Gasteiger partial charge in [0.25, 0.3) is 0 Å². The van der Waals surface area contributed by atoms with Crippen molar-refractivity contribution in [1.29, 1.82) is 0 Å². The molecule has 2 aromatic heterocycles. The van der Waals surface area contributed by atoms with E-state index in [0.29, 0.717) is 12.0 Å². The SMILES string of the molecule is CCn1c(C)cc(C(=O)COC(=O)CCc2c(C)nc(SC)nc2C)c1C. The van der Waals surface area contributed by atoms with E-state index in [2.05, 4.69) is 14.5 Å². The first-order valence-corrected chi connectivity index (χ1v) is 10.2. The van der Waals surface area contributed by atoms with Crippen LogP contribution in [0.3, 0.4) is 0 Å². The molecule has 0 saturated heterocycles. The van der Waals surface area contributed by atoms with Crippen molar-refractivity contribution in [3.63, 3.8) is 0 Å². The standard InChI is InChI=1S/C20H27N3O3S/c1-7-23-12(2)10-17(15(23)5)18(24)11-26-19(25)9-8-16-13(3)21-20(27-6)22-14(16)4/h10H,7-9,11H2,1-6H3. The van der Waals surface area contributed by atoms with Gasteiger partial charge in [-0.2, -0.15) is 0 Å². The highest BCUT2D eigenvalue weighted by Gasteiger charge is 2.17. The van der Waals surface area contributed by atoms with Crippen molar-refractivity contribution in [2.45, 2.75) is 59.2 Å². The number of nitrogens with zero attached hydrogens (tertiary/aromatic N) is 3. The molecule has 0 amide bonds. The summed E-state index contributed by atoms with van der Waals surface area (Å²) in [5.41, 5.74) is 5.28. The van der Waals surface area contributed by atoms with Crippen molar-refractivity contribution in [1.82, 2.24) is 14.5 Å². The second-order valence-electron chi connectivity index (χ2n) is 6.47. The van der Waals surface area contributed by atoms with E-state index < -0.39 is 0 Å². The zero-order valence-corrected chi connectivity index (χ0v) is 17.7. The number of aromatic nitrogens is 3. The van der Waals surface area contributed by atoms with Crippen molar-refractivity contribution < 1.29 is 14.3 Å². The van der Waals surface area contributed by atoms with Crippen LogP contribution in [0.4, 0.5) is 0 Å². The van der Waals surface area contributed by atoms with Crippen LogP contribution in [0, 0.1) is 27.7 Å². The van der Waals surface area contributed by atoms with Crippen LogP contribution in [0.25, 0.3) is 0 Å². The van der Waals surface area contributed by atoms with Crippen LogP contribution < -0.4 is 0 Å². The zero-order chi connectivity index (χ0) is 20.1. The van der Waals surface area contributed by atoms with E-state index in [9.17, 15) is 9.59 Å². The largest absolute Gasteiger partial charge is 0.457 e. The number of esters is 1. The number of thioether (sulfide) groups is 1. The van der Waals surface area contributed by atoms with E-state index in [0.717, 1.165) is 40.0 Å². The first kappa shape index (κ1) is 21.2. The van der Waals surface area contributed by atoms with Crippen molar-refractivity contribution in [3.8, 4) is 0 Å². The molecular formula is C20H27N3O3S. The molecule has 0 saturated carbocycles. The van der Waals surface area contributed by atoms with Gasteiger partial charge in [-0.3, -0.25) is 9.59 Å². The number of ether oxygens (including phenoxy) is 1. The lowest BCUT2D eigenvalue weighted by Gasteiger charge is -2.10. The third kappa shape index (κ3) is 4.97. The summed E-state index contributed by atoms with van der Waals surface area (Å²) in [5.74, 6) is -0.559. The molecule has 0 unspecified atom stereocenters. The molecule has 0 atom stereocenters. The summed E-state index contributed by atoms with van der Waals surface area (Å²) in [7, 11) is 0. The van der Waals surface area contributed by atoms with E-state index in [-0.39, 0.29) is 24.8 Å². The molecule has 0 aliphatic rings. The Hall–Kier alpha value is -2.15. The quantitative estimate of drug-likeness (QED) is 0.297. The Morgan fingerprint density at radius 2 is 1.78 bits per heavy atom. The van der Waals surface area contributed by atoms with Gasteiger partial charge in [0.1, 0.15) is 0 Å². The number of rotatable bonds is 8. The maximum Gasteiger partial charge on any atom is 0.306 e. The van der Waals surface area contributed by atoms with Crippen molar-refractivity contribution in [2.24, 2.45) is 0 Å². The summed E-state index contributed by atoms with van der Waals surface area (Å²) in [4.78, 5) is 33.3. The van der Waals surface area contributed by atoms with E-state index in [1.807, 2.05) is 46.9 Å². The molecule has 146 valence electrons. The fourth-order valence-electron chi connectivity index (χ4n) is 3.25. The van der Waals surface area contributed by atoms with E-state index >= 15 is 0 Å². The predicted octanol–water partition coefficient (Wildman–Crippen LogP) is 3.61. The van der Waals surface area contributed by atoms with E-state index in [4.69, 9.17) is 4.74 Å². The van der Waals surface area contributed by atoms with Crippen LogP contribution in [0.1, 0.15) is 52.0 Å². The molecule has 0 aliphatic heterocycles. The lowest BCUT2D eigenvalue weighted by Crippen LogP contribution is -2.16. The average Bonchev–Trinajstić information content (AvgIpc) is 2.92. The van der Waals surface area contributed by atoms with Crippen molar-refractivity contribution in [3.05, 3.63) is 40.0 Å². The molecule has 7 heteroatoms. The minimum Gasteiger partial charge on any atom is -0.457 e. The summed E-state index contributed by atoms with van der Waals surface area (Å²) in [6, 6.07) is 1.85. The second kappa shape index (κ2) is 9.17. The van der Waals surface area contributed by atoms with Gasteiger partial charge in [-0.25, -0.2) is 9.97 Å². The number of hydrogen-bond acceptors (Lipinski definition) is 6. The van der Waals surface area contributed by atoms with Crippen LogP contribution in [-0.4, -0.2) is 39.2 Å². The van der Waals surface area contributed by atoms with E-state index in [1.165, 1.54) is 11.8 Å². The Morgan fingerprint density at radius 1 is 1.15 bits per heavy atom. The van der Waals surface area contributed by atoms with E-state index in [1.54, 1.807) is 0 Å². The van der Waals surface area contributed by atoms with Crippen LogP contribution >= 0.6 is 11.8 Å². The summed E-state index contributed by atoms with van der Waals surface area (Å²) in [6.45, 7) is 10.3. The molecule has 2 rings (SSSR count). The molecule has 0 radical (unpaired) electrons. The summed E-state index contributed by atoms with van der Waals surface area (Å²) in [6.07, 6.45) is 2.63. The Kier molecular flexibility index (Phi) is 7.18. The summed E-state index contributed by atoms with van der Waals surface area (Å²) in [5, 5.41) is 0.728. The Morgan fingerprint density at radius 3 is 2.30 bits per heavy atom. The average molecular weight is 390 g/mol. The predicted molar refractivity (Wildman–Crippen MR) is 106 cm³/mol. The summed E-state index contributed by atoms with van der Waals surface area (Å²) < 4.78 is 7.27. The third-order valence-electron chi connectivity index (χ3n) is 4.72. The second-order valence-corrected chi connectivity index (χ2v) is 7.25. The van der Waals surface area contributed by atoms with Gasteiger partial charge in [0, 0.05) is 41.3 Å². The molecule has 0 spiro atoms. The molecule has 0 aliphatic carbocycles. The number of ketones is 1. The fourth-order valence-corrected chi connectivity index (χ4v) is 3.71. The normalized spacial score (nSPS) is 10.9. The summed E-state index contributed by atoms with van der Waals surface area (Å²) >= 11 is 1.49. The van der Waals surface area contributed by atoms with Crippen LogP contribution in [0.2, 0.25) is 0 Å². The molecule has 0 bridgehead atoms. The monoisotopic (exact) mass is 389 g/mol. The number of carbonyl (C=O) groups excluding carboxylic acids is 2. The molecule has 0 aromatic carbocycles. The lowest BCUT2D eigenvalue weighted by molar-refractivity contribution is -0.142. The first-order chi connectivity index (χ1) is 12.8. The molecule has 0 fully saturated rings. The third-order valence-corrected chi connectivity index (χ3v) is 5.26. The van der Waals surface area contributed by atoms with Crippen LogP contribution in [0.15, 0.2) is 11.2 Å². The zero-order valence-electron chi connectivity index (χ0n) is 16.9. The van der Waals surface area contributed by atoms with Gasteiger partial charge in [0.2, 0.25) is 5.78 Å². The molecular weight excluding hydrogens is 362 g/mol. The Labute approximate surface area is 164 Å². The van der Waals surface area contributed by atoms with Gasteiger partial charge in [-0.15, -0.1) is 0 Å². The van der Waals surface area contributed by atoms with Crippen molar-refractivity contribution in [2.75, 3.05) is 12.9 Å². The number of aryl methyl sites for hydroxylation is 3. The minimum atomic E-state index is -0.389. The number of Topliss-reactive ketones (excluding diaryl/α,β-unsaturated/α-hetero) is 1. The highest BCUT2D eigenvalue weighted by molar-refractivity contribution is 7.98.